The topological polar surface area (TPSA) is 140 Å². The van der Waals surface area contributed by atoms with E-state index >= 15 is 0 Å². The van der Waals surface area contributed by atoms with E-state index in [0.717, 1.165) is 0 Å². The fraction of sp³-hybridized carbons (Fsp3) is 0. The van der Waals surface area contributed by atoms with Crippen LogP contribution in [0.2, 0.25) is 0 Å². The molecule has 5 N–H and O–H groups in total. The molecule has 72 valence electrons. The molecule has 0 aliphatic carbocycles. The van der Waals surface area contributed by atoms with Gasteiger partial charge in [-0.05, 0) is 6.07 Å². The number of furan rings is 1. The molecule has 0 radical (unpaired) electrons. The van der Waals surface area contributed by atoms with Crippen LogP contribution in [-0.4, -0.2) is 23.9 Å². The lowest BCUT2D eigenvalue weighted by Gasteiger charge is -1.92. The minimum atomic E-state index is -4.44. The third-order valence-electron chi connectivity index (χ3n) is 0.683. The van der Waals surface area contributed by atoms with Crippen LogP contribution >= 0.6 is 0 Å². The van der Waals surface area contributed by atoms with Crippen molar-refractivity contribution in [3.63, 3.8) is 0 Å². The second-order valence-corrected chi connectivity index (χ2v) is 2.47. The third kappa shape index (κ3) is 4.68. The lowest BCUT2D eigenvalue weighted by atomic mass is 10.7. The Morgan fingerprint density at radius 3 is 2.33 bits per heavy atom. The highest BCUT2D eigenvalue weighted by atomic mass is 32.3. The lowest BCUT2D eigenvalue weighted by molar-refractivity contribution is 0.333. The van der Waals surface area contributed by atoms with Gasteiger partial charge in [-0.25, -0.2) is 0 Å². The summed E-state index contributed by atoms with van der Waals surface area (Å²) in [6, 6.07) is 2.69. The summed E-state index contributed by atoms with van der Waals surface area (Å²) in [4.78, 5) is 0. The van der Waals surface area contributed by atoms with Gasteiger partial charge in [-0.2, -0.15) is 8.42 Å². The molecule has 0 atom stereocenters. The summed E-state index contributed by atoms with van der Waals surface area (Å²) in [7, 11) is -4.44. The van der Waals surface area contributed by atoms with Crippen LogP contribution in [0.15, 0.2) is 22.8 Å². The summed E-state index contributed by atoms with van der Waals surface area (Å²) in [6.45, 7) is 0. The SMILES string of the molecule is O.O.O=S(=O)(O)Oc1ccco1. The van der Waals surface area contributed by atoms with Gasteiger partial charge in [0.15, 0.2) is 0 Å². The first-order valence-corrected chi connectivity index (χ1v) is 3.65. The quantitative estimate of drug-likeness (QED) is 0.597. The standard InChI is InChI=1S/C4H4O5S.2H2O/c5-10(6,7)9-4-2-1-3-8-4;;/h1-3H,(H,5,6,7);2*1H2. The van der Waals surface area contributed by atoms with E-state index in [9.17, 15) is 8.42 Å². The Labute approximate surface area is 68.1 Å². The van der Waals surface area contributed by atoms with Crippen molar-refractivity contribution in [2.45, 2.75) is 0 Å². The zero-order valence-corrected chi connectivity index (χ0v) is 6.54. The van der Waals surface area contributed by atoms with Crippen molar-refractivity contribution in [1.29, 1.82) is 0 Å². The molecule has 1 rings (SSSR count). The molecule has 0 amide bonds. The molecule has 1 aromatic heterocycles. The smallest absolute Gasteiger partial charge is 0.433 e. The van der Waals surface area contributed by atoms with E-state index in [-0.39, 0.29) is 16.9 Å². The van der Waals surface area contributed by atoms with Crippen LogP contribution < -0.4 is 4.18 Å². The predicted molar refractivity (Wildman–Crippen MR) is 38.1 cm³/mol. The Bertz CT molecular complexity index is 285. The highest BCUT2D eigenvalue weighted by Gasteiger charge is 2.07. The van der Waals surface area contributed by atoms with E-state index in [1.54, 1.807) is 0 Å². The van der Waals surface area contributed by atoms with Crippen molar-refractivity contribution in [3.8, 4) is 5.95 Å². The van der Waals surface area contributed by atoms with E-state index in [2.05, 4.69) is 8.60 Å². The van der Waals surface area contributed by atoms with Crippen molar-refractivity contribution in [2.24, 2.45) is 0 Å². The zero-order chi connectivity index (χ0) is 7.61. The van der Waals surface area contributed by atoms with Crippen LogP contribution in [0.4, 0.5) is 0 Å². The molecule has 0 aromatic carbocycles. The first-order chi connectivity index (χ1) is 4.58. The Morgan fingerprint density at radius 2 is 2.00 bits per heavy atom. The second kappa shape index (κ2) is 4.72. The molecule has 12 heavy (non-hydrogen) atoms. The van der Waals surface area contributed by atoms with Gasteiger partial charge in [0.05, 0.1) is 6.26 Å². The first-order valence-electron chi connectivity index (χ1n) is 2.28. The molecule has 7 nitrogen and oxygen atoms in total. The van der Waals surface area contributed by atoms with Crippen LogP contribution in [0.5, 0.6) is 5.95 Å². The summed E-state index contributed by atoms with van der Waals surface area (Å²) in [6.07, 6.45) is 1.22. The van der Waals surface area contributed by atoms with Gasteiger partial charge < -0.3 is 19.6 Å². The van der Waals surface area contributed by atoms with Gasteiger partial charge in [-0.1, -0.05) is 0 Å². The number of rotatable bonds is 2. The zero-order valence-electron chi connectivity index (χ0n) is 5.72. The average Bonchev–Trinajstić information content (AvgIpc) is 2.12. The Morgan fingerprint density at radius 1 is 1.42 bits per heavy atom. The van der Waals surface area contributed by atoms with Gasteiger partial charge in [-0.15, -0.1) is 0 Å². The van der Waals surface area contributed by atoms with Gasteiger partial charge in [-0.3, -0.25) is 4.55 Å². The molecule has 0 aliphatic rings. The summed E-state index contributed by atoms with van der Waals surface area (Å²) < 4.78 is 36.4. The summed E-state index contributed by atoms with van der Waals surface area (Å²) in [5.41, 5.74) is 0. The highest BCUT2D eigenvalue weighted by molar-refractivity contribution is 7.81. The van der Waals surface area contributed by atoms with E-state index in [4.69, 9.17) is 4.55 Å². The highest BCUT2D eigenvalue weighted by Crippen LogP contribution is 2.11. The van der Waals surface area contributed by atoms with Crippen LogP contribution in [0.1, 0.15) is 0 Å². The van der Waals surface area contributed by atoms with Gasteiger partial charge >= 0.3 is 16.3 Å². The average molecular weight is 200 g/mol. The molecule has 1 heterocycles. The van der Waals surface area contributed by atoms with Crippen LogP contribution in [0.3, 0.4) is 0 Å². The second-order valence-electron chi connectivity index (χ2n) is 1.44. The predicted octanol–water partition coefficient (Wildman–Crippen LogP) is -1.19. The Kier molecular flexibility index (Phi) is 5.31. The van der Waals surface area contributed by atoms with Crippen LogP contribution in [-0.2, 0) is 10.4 Å². The largest absolute Gasteiger partial charge is 0.449 e. The fourth-order valence-corrected chi connectivity index (χ4v) is 0.717. The van der Waals surface area contributed by atoms with Crippen LogP contribution in [0.25, 0.3) is 0 Å². The number of hydrogen-bond acceptors (Lipinski definition) is 4. The molecule has 0 fully saturated rings. The van der Waals surface area contributed by atoms with E-state index < -0.39 is 10.4 Å². The minimum Gasteiger partial charge on any atom is -0.433 e. The number of hydrogen-bond donors (Lipinski definition) is 1. The maximum Gasteiger partial charge on any atom is 0.449 e. The molecule has 0 saturated carbocycles. The minimum absolute atomic E-state index is 0. The van der Waals surface area contributed by atoms with E-state index in [0.29, 0.717) is 0 Å². The fourth-order valence-electron chi connectivity index (χ4n) is 0.415. The first kappa shape index (κ1) is 13.5. The lowest BCUT2D eigenvalue weighted by Crippen LogP contribution is -2.05. The molecule has 0 spiro atoms. The van der Waals surface area contributed by atoms with Crippen molar-refractivity contribution < 1.29 is 32.5 Å². The Hall–Kier alpha value is -1.09. The van der Waals surface area contributed by atoms with Gasteiger partial charge in [0.2, 0.25) is 0 Å². The van der Waals surface area contributed by atoms with Gasteiger partial charge in [0.25, 0.3) is 0 Å². The van der Waals surface area contributed by atoms with Gasteiger partial charge in [0, 0.05) is 6.07 Å². The molecule has 1 aromatic rings. The maximum atomic E-state index is 9.97. The molecule has 0 unspecified atom stereocenters. The van der Waals surface area contributed by atoms with E-state index in [1.807, 2.05) is 0 Å². The Balaban J connectivity index is 0. The van der Waals surface area contributed by atoms with Crippen molar-refractivity contribution in [3.05, 3.63) is 18.4 Å². The monoisotopic (exact) mass is 200 g/mol. The van der Waals surface area contributed by atoms with Crippen molar-refractivity contribution in [1.82, 2.24) is 0 Å². The van der Waals surface area contributed by atoms with Gasteiger partial charge in [0.1, 0.15) is 0 Å². The van der Waals surface area contributed by atoms with Crippen molar-refractivity contribution >= 4 is 10.4 Å². The van der Waals surface area contributed by atoms with E-state index in [1.165, 1.54) is 18.4 Å². The maximum absolute atomic E-state index is 9.97. The summed E-state index contributed by atoms with van der Waals surface area (Å²) in [5, 5.41) is 0. The molecule has 0 saturated heterocycles. The van der Waals surface area contributed by atoms with Crippen LogP contribution in [0, 0.1) is 0 Å². The molecular weight excluding hydrogens is 192 g/mol. The third-order valence-corrected chi connectivity index (χ3v) is 1.06. The normalized spacial score (nSPS) is 9.42. The molecular formula is C4H8O7S. The molecule has 0 bridgehead atoms. The molecule has 0 aliphatic heterocycles. The summed E-state index contributed by atoms with van der Waals surface area (Å²) >= 11 is 0. The molecule has 8 heteroatoms. The summed E-state index contributed by atoms with van der Waals surface area (Å²) in [5.74, 6) is -0.262. The van der Waals surface area contributed by atoms with Crippen molar-refractivity contribution in [2.75, 3.05) is 0 Å².